The number of aromatic nitrogens is 1. The Morgan fingerprint density at radius 3 is 2.50 bits per heavy atom. The van der Waals surface area contributed by atoms with Gasteiger partial charge in [-0.05, 0) is 38.5 Å². The number of aryl methyl sites for hydroxylation is 2. The summed E-state index contributed by atoms with van der Waals surface area (Å²) in [7, 11) is 0. The van der Waals surface area contributed by atoms with Crippen molar-refractivity contribution in [2.75, 3.05) is 12.3 Å². The molecule has 2 aromatic carbocycles. The lowest BCUT2D eigenvalue weighted by Crippen LogP contribution is -2.02. The summed E-state index contributed by atoms with van der Waals surface area (Å²) in [6.45, 7) is 6.58. The van der Waals surface area contributed by atoms with Gasteiger partial charge in [-0.15, -0.1) is 0 Å². The topological polar surface area (TPSA) is 71.9 Å². The minimum atomic E-state index is 0.228. The summed E-state index contributed by atoms with van der Waals surface area (Å²) < 4.78 is 5.75. The minimum absolute atomic E-state index is 0.228. The van der Waals surface area contributed by atoms with Crippen LogP contribution in [0.3, 0.4) is 0 Å². The van der Waals surface area contributed by atoms with Gasteiger partial charge in [-0.3, -0.25) is 0 Å². The third kappa shape index (κ3) is 3.25. The molecule has 0 aliphatic heterocycles. The van der Waals surface area contributed by atoms with E-state index in [9.17, 15) is 5.26 Å². The number of para-hydroxylation sites is 1. The van der Waals surface area contributed by atoms with Crippen molar-refractivity contribution in [3.05, 3.63) is 65.2 Å². The van der Waals surface area contributed by atoms with Crippen LogP contribution >= 0.6 is 0 Å². The number of anilines is 1. The molecule has 0 spiro atoms. The van der Waals surface area contributed by atoms with Crippen LogP contribution in [0.1, 0.15) is 23.6 Å². The van der Waals surface area contributed by atoms with Gasteiger partial charge in [-0.25, -0.2) is 4.98 Å². The highest BCUT2D eigenvalue weighted by Crippen LogP contribution is 2.37. The fourth-order valence-corrected chi connectivity index (χ4v) is 3.10. The summed E-state index contributed by atoms with van der Waals surface area (Å²) in [6, 6.07) is 18.0. The first-order chi connectivity index (χ1) is 12.5. The van der Waals surface area contributed by atoms with Crippen LogP contribution < -0.4 is 10.5 Å². The Labute approximate surface area is 153 Å². The van der Waals surface area contributed by atoms with Gasteiger partial charge in [0, 0.05) is 16.7 Å². The third-order valence-corrected chi connectivity index (χ3v) is 4.29. The molecule has 3 aromatic rings. The molecule has 3 rings (SSSR count). The van der Waals surface area contributed by atoms with E-state index in [0.717, 1.165) is 33.7 Å². The predicted octanol–water partition coefficient (Wildman–Crippen LogP) is 4.89. The largest absolute Gasteiger partial charge is 0.493 e. The van der Waals surface area contributed by atoms with Crippen molar-refractivity contribution < 1.29 is 4.74 Å². The molecule has 1 aromatic heterocycles. The molecule has 26 heavy (non-hydrogen) atoms. The Hall–Kier alpha value is -3.32. The Morgan fingerprint density at radius 1 is 1.04 bits per heavy atom. The van der Waals surface area contributed by atoms with Crippen molar-refractivity contribution in [2.45, 2.75) is 20.8 Å². The Morgan fingerprint density at radius 2 is 1.81 bits per heavy atom. The molecule has 0 atom stereocenters. The highest BCUT2D eigenvalue weighted by molar-refractivity contribution is 5.83. The third-order valence-electron chi connectivity index (χ3n) is 4.29. The predicted molar refractivity (Wildman–Crippen MR) is 105 cm³/mol. The van der Waals surface area contributed by atoms with Gasteiger partial charge in [0.1, 0.15) is 23.2 Å². The average molecular weight is 343 g/mol. The lowest BCUT2D eigenvalue weighted by molar-refractivity contribution is 0.341. The van der Waals surface area contributed by atoms with Crippen LogP contribution in [0.5, 0.6) is 5.75 Å². The second-order valence-electron chi connectivity index (χ2n) is 6.17. The fraction of sp³-hybridized carbons (Fsp3) is 0.182. The van der Waals surface area contributed by atoms with Crippen LogP contribution in [0.4, 0.5) is 5.82 Å². The van der Waals surface area contributed by atoms with E-state index in [1.54, 1.807) is 0 Å². The van der Waals surface area contributed by atoms with Gasteiger partial charge in [0.2, 0.25) is 0 Å². The van der Waals surface area contributed by atoms with Gasteiger partial charge in [-0.1, -0.05) is 42.0 Å². The monoisotopic (exact) mass is 343 g/mol. The molecular weight excluding hydrogens is 322 g/mol. The van der Waals surface area contributed by atoms with E-state index in [0.29, 0.717) is 12.2 Å². The van der Waals surface area contributed by atoms with Crippen LogP contribution in [-0.2, 0) is 0 Å². The normalized spacial score (nSPS) is 10.4. The molecule has 0 aliphatic rings. The first-order valence-corrected chi connectivity index (χ1v) is 8.55. The molecule has 4 heteroatoms. The summed E-state index contributed by atoms with van der Waals surface area (Å²) in [4.78, 5) is 4.48. The van der Waals surface area contributed by atoms with E-state index in [1.165, 1.54) is 5.56 Å². The van der Waals surface area contributed by atoms with Gasteiger partial charge in [0.25, 0.3) is 0 Å². The molecule has 0 aliphatic carbocycles. The highest BCUT2D eigenvalue weighted by Gasteiger charge is 2.17. The van der Waals surface area contributed by atoms with Crippen LogP contribution in [0, 0.1) is 25.2 Å². The van der Waals surface area contributed by atoms with Crippen molar-refractivity contribution in [3.8, 4) is 34.2 Å². The zero-order valence-corrected chi connectivity index (χ0v) is 15.2. The number of ether oxygens (including phenoxy) is 1. The summed E-state index contributed by atoms with van der Waals surface area (Å²) >= 11 is 0. The number of nitrogens with two attached hydrogens (primary N) is 1. The highest BCUT2D eigenvalue weighted by atomic mass is 16.5. The van der Waals surface area contributed by atoms with Gasteiger partial charge in [0.15, 0.2) is 0 Å². The number of hydrogen-bond donors (Lipinski definition) is 1. The average Bonchev–Trinajstić information content (AvgIpc) is 2.62. The molecule has 0 bridgehead atoms. The van der Waals surface area contributed by atoms with E-state index in [1.807, 2.05) is 56.3 Å². The second kappa shape index (κ2) is 7.28. The van der Waals surface area contributed by atoms with Gasteiger partial charge >= 0.3 is 0 Å². The molecule has 0 unspecified atom stereocenters. The van der Waals surface area contributed by atoms with Crippen LogP contribution in [0.2, 0.25) is 0 Å². The Bertz CT molecular complexity index is 1000. The SMILES string of the molecule is CCOc1ccccc1-c1cc(-c2ccc(C)cc2C)nc(N)c1C#N. The van der Waals surface area contributed by atoms with Crippen LogP contribution in [-0.4, -0.2) is 11.6 Å². The molecule has 4 nitrogen and oxygen atoms in total. The molecule has 0 amide bonds. The van der Waals surface area contributed by atoms with Crippen molar-refractivity contribution in [2.24, 2.45) is 0 Å². The maximum absolute atomic E-state index is 9.62. The number of benzene rings is 2. The minimum Gasteiger partial charge on any atom is -0.493 e. The quantitative estimate of drug-likeness (QED) is 0.732. The van der Waals surface area contributed by atoms with Crippen LogP contribution in [0.15, 0.2) is 48.5 Å². The number of nitriles is 1. The van der Waals surface area contributed by atoms with Gasteiger partial charge in [0.05, 0.1) is 12.3 Å². The fourth-order valence-electron chi connectivity index (χ4n) is 3.10. The van der Waals surface area contributed by atoms with E-state index < -0.39 is 0 Å². The number of nitrogens with zero attached hydrogens (tertiary/aromatic N) is 2. The van der Waals surface area contributed by atoms with Crippen molar-refractivity contribution in [1.29, 1.82) is 5.26 Å². The van der Waals surface area contributed by atoms with E-state index in [4.69, 9.17) is 10.5 Å². The van der Waals surface area contributed by atoms with Crippen molar-refractivity contribution >= 4 is 5.82 Å². The first-order valence-electron chi connectivity index (χ1n) is 8.55. The van der Waals surface area contributed by atoms with Gasteiger partial charge in [-0.2, -0.15) is 5.26 Å². The summed E-state index contributed by atoms with van der Waals surface area (Å²) in [5, 5.41) is 9.62. The van der Waals surface area contributed by atoms with Crippen molar-refractivity contribution in [3.63, 3.8) is 0 Å². The molecule has 1 heterocycles. The molecule has 2 N–H and O–H groups in total. The standard InChI is InChI=1S/C22H21N3O/c1-4-26-21-8-6-5-7-17(21)18-12-20(25-22(24)19(18)13-23)16-10-9-14(2)11-15(16)3/h5-12H,4H2,1-3H3,(H2,24,25). The molecule has 0 radical (unpaired) electrons. The first kappa shape index (κ1) is 17.5. The number of hydrogen-bond acceptors (Lipinski definition) is 4. The number of rotatable bonds is 4. The molecule has 130 valence electrons. The van der Waals surface area contributed by atoms with E-state index in [-0.39, 0.29) is 5.82 Å². The maximum atomic E-state index is 9.62. The maximum Gasteiger partial charge on any atom is 0.142 e. The summed E-state index contributed by atoms with van der Waals surface area (Å²) in [6.07, 6.45) is 0. The van der Waals surface area contributed by atoms with E-state index in [2.05, 4.69) is 24.0 Å². The van der Waals surface area contributed by atoms with Crippen LogP contribution in [0.25, 0.3) is 22.4 Å². The lowest BCUT2D eigenvalue weighted by atomic mass is 9.96. The molecular formula is C22H21N3O. The van der Waals surface area contributed by atoms with Gasteiger partial charge < -0.3 is 10.5 Å². The Balaban J connectivity index is 2.26. The molecule has 0 saturated carbocycles. The summed E-state index contributed by atoms with van der Waals surface area (Å²) in [5.41, 5.74) is 12.1. The smallest absolute Gasteiger partial charge is 0.142 e. The lowest BCUT2D eigenvalue weighted by Gasteiger charge is -2.15. The zero-order chi connectivity index (χ0) is 18.7. The number of pyridine rings is 1. The number of nitrogen functional groups attached to an aromatic ring is 1. The Kier molecular flexibility index (Phi) is 4.90. The zero-order valence-electron chi connectivity index (χ0n) is 15.2. The van der Waals surface area contributed by atoms with Crippen molar-refractivity contribution in [1.82, 2.24) is 4.98 Å². The van der Waals surface area contributed by atoms with E-state index >= 15 is 0 Å². The molecule has 0 fully saturated rings. The summed E-state index contributed by atoms with van der Waals surface area (Å²) in [5.74, 6) is 0.954. The molecule has 0 saturated heterocycles. The second-order valence-corrected chi connectivity index (χ2v) is 6.17.